The minimum atomic E-state index is 0.163. The lowest BCUT2D eigenvalue weighted by molar-refractivity contribution is -0.137. The van der Waals surface area contributed by atoms with E-state index >= 15 is 0 Å². The van der Waals surface area contributed by atoms with Crippen molar-refractivity contribution < 1.29 is 4.79 Å². The van der Waals surface area contributed by atoms with Crippen molar-refractivity contribution in [1.29, 1.82) is 0 Å². The zero-order chi connectivity index (χ0) is 19.5. The summed E-state index contributed by atoms with van der Waals surface area (Å²) in [6.07, 6.45) is 5.55. The Labute approximate surface area is 168 Å². The minimum Gasteiger partial charge on any atom is -0.371 e. The summed E-state index contributed by atoms with van der Waals surface area (Å²) in [6, 6.07) is 13.1. The lowest BCUT2D eigenvalue weighted by Crippen LogP contribution is -2.55. The molecule has 2 saturated heterocycles. The molecule has 1 amide bonds. The monoisotopic (exact) mass is 378 g/mol. The van der Waals surface area contributed by atoms with Crippen LogP contribution < -0.4 is 9.80 Å². The number of piperidine rings is 1. The van der Waals surface area contributed by atoms with Gasteiger partial charge < -0.3 is 14.7 Å². The van der Waals surface area contributed by atoms with Crippen molar-refractivity contribution in [2.45, 2.75) is 32.7 Å². The fourth-order valence-corrected chi connectivity index (χ4v) is 4.55. The van der Waals surface area contributed by atoms with Crippen LogP contribution in [0.25, 0.3) is 0 Å². The van der Waals surface area contributed by atoms with Crippen LogP contribution in [0.2, 0.25) is 0 Å². The number of hydrogen-bond donors (Lipinski definition) is 0. The van der Waals surface area contributed by atoms with E-state index in [4.69, 9.17) is 0 Å². The summed E-state index contributed by atoms with van der Waals surface area (Å²) in [6.45, 7) is 8.80. The van der Waals surface area contributed by atoms with E-state index in [9.17, 15) is 4.79 Å². The molecule has 2 aliphatic rings. The van der Waals surface area contributed by atoms with Crippen molar-refractivity contribution in [3.63, 3.8) is 0 Å². The third kappa shape index (κ3) is 3.98. The van der Waals surface area contributed by atoms with Crippen molar-refractivity contribution >= 4 is 17.3 Å². The topological polar surface area (TPSA) is 39.7 Å². The number of nitrogens with zero attached hydrogens (tertiary/aromatic N) is 4. The summed E-state index contributed by atoms with van der Waals surface area (Å²) in [7, 11) is 0. The first kappa shape index (κ1) is 18.8. The quantitative estimate of drug-likeness (QED) is 0.821. The van der Waals surface area contributed by atoms with Gasteiger partial charge in [0, 0.05) is 68.5 Å². The first-order chi connectivity index (χ1) is 13.6. The van der Waals surface area contributed by atoms with Gasteiger partial charge >= 0.3 is 0 Å². The maximum absolute atomic E-state index is 13.1. The maximum Gasteiger partial charge on any atom is 0.225 e. The molecule has 1 aromatic heterocycles. The van der Waals surface area contributed by atoms with Crippen LogP contribution in [0.3, 0.4) is 0 Å². The highest BCUT2D eigenvalue weighted by Gasteiger charge is 2.32. The molecule has 0 bridgehead atoms. The van der Waals surface area contributed by atoms with Crippen molar-refractivity contribution in [2.24, 2.45) is 5.92 Å². The molecule has 0 saturated carbocycles. The highest BCUT2D eigenvalue weighted by atomic mass is 16.2. The lowest BCUT2D eigenvalue weighted by atomic mass is 9.94. The molecule has 2 fully saturated rings. The minimum absolute atomic E-state index is 0.163. The van der Waals surface area contributed by atoms with Crippen LogP contribution in [0.4, 0.5) is 11.4 Å². The number of hydrogen-bond acceptors (Lipinski definition) is 4. The van der Waals surface area contributed by atoms with Gasteiger partial charge in [0.1, 0.15) is 0 Å². The largest absolute Gasteiger partial charge is 0.371 e. The summed E-state index contributed by atoms with van der Waals surface area (Å²) in [4.78, 5) is 24.1. The Balaban J connectivity index is 1.33. The number of rotatable bonds is 3. The van der Waals surface area contributed by atoms with E-state index in [-0.39, 0.29) is 5.92 Å². The highest BCUT2D eigenvalue weighted by Crippen LogP contribution is 2.26. The van der Waals surface area contributed by atoms with Crippen LogP contribution >= 0.6 is 0 Å². The van der Waals surface area contributed by atoms with Gasteiger partial charge in [0.15, 0.2) is 0 Å². The third-order valence-electron chi connectivity index (χ3n) is 6.14. The molecular weight excluding hydrogens is 348 g/mol. The van der Waals surface area contributed by atoms with Crippen LogP contribution in [-0.2, 0) is 4.79 Å². The number of carbonyl (C=O) groups is 1. The summed E-state index contributed by atoms with van der Waals surface area (Å²) < 4.78 is 0. The maximum atomic E-state index is 13.1. The first-order valence-electron chi connectivity index (χ1n) is 10.4. The Morgan fingerprint density at radius 3 is 2.43 bits per heavy atom. The van der Waals surface area contributed by atoms with Crippen LogP contribution in [0.1, 0.15) is 25.3 Å². The van der Waals surface area contributed by atoms with E-state index in [1.807, 2.05) is 24.5 Å². The van der Waals surface area contributed by atoms with Crippen molar-refractivity contribution in [1.82, 2.24) is 9.88 Å². The Bertz CT molecular complexity index is 801. The number of amides is 1. The first-order valence-corrected chi connectivity index (χ1v) is 10.4. The predicted molar refractivity (Wildman–Crippen MR) is 114 cm³/mol. The summed E-state index contributed by atoms with van der Waals surface area (Å²) >= 11 is 0. The number of anilines is 2. The molecule has 1 atom stereocenters. The van der Waals surface area contributed by atoms with Gasteiger partial charge in [0.05, 0.1) is 0 Å². The van der Waals surface area contributed by atoms with E-state index in [1.54, 1.807) is 0 Å². The average Bonchev–Trinajstić information content (AvgIpc) is 2.74. The van der Waals surface area contributed by atoms with Crippen molar-refractivity contribution in [3.05, 3.63) is 54.4 Å². The second-order valence-corrected chi connectivity index (χ2v) is 8.13. The molecule has 5 heteroatoms. The van der Waals surface area contributed by atoms with E-state index in [2.05, 4.69) is 57.8 Å². The molecule has 0 spiro atoms. The number of benzene rings is 1. The molecule has 3 heterocycles. The summed E-state index contributed by atoms with van der Waals surface area (Å²) in [5.74, 6) is 0.515. The molecule has 28 heavy (non-hydrogen) atoms. The van der Waals surface area contributed by atoms with E-state index in [1.165, 1.54) is 16.9 Å². The summed E-state index contributed by atoms with van der Waals surface area (Å²) in [5, 5.41) is 0. The Morgan fingerprint density at radius 2 is 1.75 bits per heavy atom. The van der Waals surface area contributed by atoms with Crippen LogP contribution in [-0.4, -0.2) is 54.6 Å². The van der Waals surface area contributed by atoms with Crippen LogP contribution in [0, 0.1) is 12.8 Å². The normalized spacial score (nSPS) is 21.1. The summed E-state index contributed by atoms with van der Waals surface area (Å²) in [5.41, 5.74) is 3.76. The number of piperazine rings is 1. The lowest BCUT2D eigenvalue weighted by Gasteiger charge is -2.43. The third-order valence-corrected chi connectivity index (χ3v) is 6.14. The van der Waals surface area contributed by atoms with E-state index < -0.39 is 0 Å². The van der Waals surface area contributed by atoms with Gasteiger partial charge in [-0.2, -0.15) is 0 Å². The molecule has 0 aliphatic carbocycles. The molecule has 148 valence electrons. The Kier molecular flexibility index (Phi) is 5.51. The molecule has 0 unspecified atom stereocenters. The standard InChI is InChI=1S/C23H30N4O/c1-18-4-3-5-22(16-18)27-15-14-26(17-19(27)2)23(28)20-8-12-25(13-9-20)21-6-10-24-11-7-21/h3-7,10-11,16,19-20H,8-9,12-15,17H2,1-2H3/t19-/m1/s1. The van der Waals surface area contributed by atoms with E-state index in [0.29, 0.717) is 11.9 Å². The van der Waals surface area contributed by atoms with Gasteiger partial charge in [-0.15, -0.1) is 0 Å². The van der Waals surface area contributed by atoms with Gasteiger partial charge in [-0.05, 0) is 56.5 Å². The molecule has 5 nitrogen and oxygen atoms in total. The second-order valence-electron chi connectivity index (χ2n) is 8.13. The van der Waals surface area contributed by atoms with E-state index in [0.717, 1.165) is 45.6 Å². The smallest absolute Gasteiger partial charge is 0.225 e. The molecule has 2 aliphatic heterocycles. The second kappa shape index (κ2) is 8.21. The van der Waals surface area contributed by atoms with Gasteiger partial charge in [-0.3, -0.25) is 9.78 Å². The Morgan fingerprint density at radius 1 is 1.00 bits per heavy atom. The van der Waals surface area contributed by atoms with Crippen LogP contribution in [0.5, 0.6) is 0 Å². The van der Waals surface area contributed by atoms with Gasteiger partial charge in [0.25, 0.3) is 0 Å². The average molecular weight is 379 g/mol. The van der Waals surface area contributed by atoms with Gasteiger partial charge in [0.2, 0.25) is 5.91 Å². The molecule has 0 N–H and O–H groups in total. The van der Waals surface area contributed by atoms with Crippen molar-refractivity contribution in [2.75, 3.05) is 42.5 Å². The molecule has 4 rings (SSSR count). The molecule has 2 aromatic rings. The number of pyridine rings is 1. The highest BCUT2D eigenvalue weighted by molar-refractivity contribution is 5.79. The molecule has 1 aromatic carbocycles. The molecular formula is C23H30N4O. The number of carbonyl (C=O) groups excluding carboxylic acids is 1. The number of aryl methyl sites for hydroxylation is 1. The SMILES string of the molecule is Cc1cccc(N2CCN(C(=O)C3CCN(c4ccncc4)CC3)C[C@H]2C)c1. The van der Waals surface area contributed by atoms with Crippen molar-refractivity contribution in [3.8, 4) is 0 Å². The van der Waals surface area contributed by atoms with Gasteiger partial charge in [-0.25, -0.2) is 0 Å². The fourth-order valence-electron chi connectivity index (χ4n) is 4.55. The van der Waals surface area contributed by atoms with Gasteiger partial charge in [-0.1, -0.05) is 12.1 Å². The van der Waals surface area contributed by atoms with Crippen LogP contribution in [0.15, 0.2) is 48.8 Å². The molecule has 0 radical (unpaired) electrons. The fraction of sp³-hybridized carbons (Fsp3) is 0.478. The predicted octanol–water partition coefficient (Wildman–Crippen LogP) is 3.34. The Hall–Kier alpha value is -2.56. The number of aromatic nitrogens is 1. The zero-order valence-electron chi connectivity index (χ0n) is 16.9. The zero-order valence-corrected chi connectivity index (χ0v) is 16.9.